The summed E-state index contributed by atoms with van der Waals surface area (Å²) in [5.41, 5.74) is 1.10. The Balaban J connectivity index is 1.84. The van der Waals surface area contributed by atoms with Crippen molar-refractivity contribution < 1.29 is 19.5 Å². The smallest absolute Gasteiger partial charge is 0.235 e. The molecule has 3 heterocycles. The molecule has 28 heavy (non-hydrogen) atoms. The number of nitrogens with one attached hydrogen (secondary N) is 1. The molecule has 150 valence electrons. The number of likely N-dealkylation sites (tertiary alicyclic amines) is 1. The molecule has 3 atom stereocenters. The lowest BCUT2D eigenvalue weighted by atomic mass is 9.95. The molecule has 0 spiro atoms. The van der Waals surface area contributed by atoms with Gasteiger partial charge in [-0.3, -0.25) is 0 Å². The highest BCUT2D eigenvalue weighted by Crippen LogP contribution is 2.38. The molecule has 1 aliphatic rings. The van der Waals surface area contributed by atoms with Gasteiger partial charge in [-0.25, -0.2) is 4.98 Å². The fourth-order valence-corrected chi connectivity index (χ4v) is 5.42. The first-order valence-electron chi connectivity index (χ1n) is 9.63. The average Bonchev–Trinajstić information content (AvgIpc) is 3.19. The quantitative estimate of drug-likeness (QED) is 0.683. The number of rotatable bonds is 5. The predicted molar refractivity (Wildman–Crippen MR) is 108 cm³/mol. The van der Waals surface area contributed by atoms with Gasteiger partial charge in [-0.2, -0.15) is 4.52 Å². The minimum absolute atomic E-state index is 0.00337. The first-order chi connectivity index (χ1) is 13.5. The Labute approximate surface area is 168 Å². The van der Waals surface area contributed by atoms with E-state index in [1.807, 2.05) is 19.1 Å². The molecule has 1 unspecified atom stereocenters. The van der Waals surface area contributed by atoms with E-state index in [0.717, 1.165) is 28.5 Å². The van der Waals surface area contributed by atoms with Crippen LogP contribution in [0.2, 0.25) is 0 Å². The van der Waals surface area contributed by atoms with Crippen molar-refractivity contribution in [3.05, 3.63) is 34.5 Å². The van der Waals surface area contributed by atoms with Crippen molar-refractivity contribution in [3.63, 3.8) is 0 Å². The van der Waals surface area contributed by atoms with E-state index >= 15 is 0 Å². The summed E-state index contributed by atoms with van der Waals surface area (Å²) in [6.45, 7) is 6.26. The van der Waals surface area contributed by atoms with Gasteiger partial charge in [0.25, 0.3) is 0 Å². The molecule has 1 aliphatic heterocycles. The van der Waals surface area contributed by atoms with E-state index in [2.05, 4.69) is 23.1 Å². The second-order valence-electron chi connectivity index (χ2n) is 7.55. The number of aromatic nitrogens is 3. The maximum atomic E-state index is 11.0. The van der Waals surface area contributed by atoms with E-state index in [4.69, 9.17) is 9.47 Å². The third-order valence-electron chi connectivity index (χ3n) is 5.52. The molecular formula is C20H27N4O3S+. The van der Waals surface area contributed by atoms with Crippen LogP contribution in [0.4, 0.5) is 0 Å². The lowest BCUT2D eigenvalue weighted by molar-refractivity contribution is -0.933. The third-order valence-corrected chi connectivity index (χ3v) is 6.61. The highest BCUT2D eigenvalue weighted by molar-refractivity contribution is 7.17. The number of hydrogen-bond donors (Lipinski definition) is 2. The maximum Gasteiger partial charge on any atom is 0.235 e. The van der Waals surface area contributed by atoms with Crippen LogP contribution in [0.15, 0.2) is 18.2 Å². The minimum atomic E-state index is -0.00337. The Kier molecular flexibility index (Phi) is 5.16. The summed E-state index contributed by atoms with van der Waals surface area (Å²) in [4.78, 5) is 7.51. The molecule has 3 aromatic rings. The van der Waals surface area contributed by atoms with Crippen molar-refractivity contribution in [2.45, 2.75) is 32.7 Å². The van der Waals surface area contributed by atoms with E-state index in [0.29, 0.717) is 23.2 Å². The molecule has 0 saturated carbocycles. The number of piperidine rings is 1. The number of quaternary nitrogens is 1. The second kappa shape index (κ2) is 7.60. The Bertz CT molecular complexity index is 983. The number of nitrogens with zero attached hydrogens (tertiary/aromatic N) is 3. The zero-order chi connectivity index (χ0) is 19.8. The number of benzene rings is 1. The Morgan fingerprint density at radius 3 is 2.75 bits per heavy atom. The fourth-order valence-electron chi connectivity index (χ4n) is 4.23. The summed E-state index contributed by atoms with van der Waals surface area (Å²) in [6.07, 6.45) is 2.43. The van der Waals surface area contributed by atoms with Gasteiger partial charge in [-0.15, -0.1) is 5.10 Å². The summed E-state index contributed by atoms with van der Waals surface area (Å²) < 4.78 is 12.5. The Morgan fingerprint density at radius 1 is 1.29 bits per heavy atom. The van der Waals surface area contributed by atoms with Gasteiger partial charge in [0.1, 0.15) is 10.7 Å². The Morgan fingerprint density at radius 2 is 2.07 bits per heavy atom. The van der Waals surface area contributed by atoms with E-state index in [9.17, 15) is 5.11 Å². The van der Waals surface area contributed by atoms with Crippen LogP contribution in [0.1, 0.15) is 42.1 Å². The van der Waals surface area contributed by atoms with Gasteiger partial charge in [-0.05, 0) is 38.0 Å². The summed E-state index contributed by atoms with van der Waals surface area (Å²) >= 11 is 1.51. The van der Waals surface area contributed by atoms with E-state index < -0.39 is 0 Å². The highest BCUT2D eigenvalue weighted by atomic mass is 32.1. The first kappa shape index (κ1) is 19.0. The molecule has 0 bridgehead atoms. The largest absolute Gasteiger partial charge is 0.493 e. The van der Waals surface area contributed by atoms with Crippen LogP contribution in [0.25, 0.3) is 4.96 Å². The van der Waals surface area contributed by atoms with Crippen molar-refractivity contribution in [2.75, 3.05) is 27.3 Å². The van der Waals surface area contributed by atoms with Gasteiger partial charge in [-0.1, -0.05) is 18.3 Å². The summed E-state index contributed by atoms with van der Waals surface area (Å²) in [6, 6.07) is 6.03. The minimum Gasteiger partial charge on any atom is -0.493 e. The number of ether oxygens (including phenoxy) is 2. The van der Waals surface area contributed by atoms with Gasteiger partial charge in [0.05, 0.1) is 27.3 Å². The van der Waals surface area contributed by atoms with Crippen molar-refractivity contribution in [1.29, 1.82) is 0 Å². The molecule has 1 aromatic carbocycles. The molecule has 2 aromatic heterocycles. The second-order valence-corrected chi connectivity index (χ2v) is 8.56. The number of thiazole rings is 1. The lowest BCUT2D eigenvalue weighted by Gasteiger charge is -2.34. The summed E-state index contributed by atoms with van der Waals surface area (Å²) in [7, 11) is 3.29. The summed E-state index contributed by atoms with van der Waals surface area (Å²) in [5, 5.41) is 15.3. The molecule has 1 fully saturated rings. The topological polar surface area (TPSA) is 73.3 Å². The molecule has 2 N–H and O–H groups in total. The lowest BCUT2D eigenvalue weighted by Crippen LogP contribution is -3.13. The number of fused-ring (bicyclic) bond motifs is 1. The van der Waals surface area contributed by atoms with Gasteiger partial charge in [0, 0.05) is 11.5 Å². The molecule has 1 saturated heterocycles. The van der Waals surface area contributed by atoms with E-state index in [1.54, 1.807) is 18.7 Å². The number of methoxy groups -OCH3 is 2. The van der Waals surface area contributed by atoms with Gasteiger partial charge < -0.3 is 19.5 Å². The van der Waals surface area contributed by atoms with E-state index in [1.165, 1.54) is 29.1 Å². The van der Waals surface area contributed by atoms with Crippen LogP contribution in [0, 0.1) is 12.8 Å². The molecule has 0 amide bonds. The molecule has 7 nitrogen and oxygen atoms in total. The third kappa shape index (κ3) is 3.31. The van der Waals surface area contributed by atoms with Crippen LogP contribution in [-0.2, 0) is 0 Å². The summed E-state index contributed by atoms with van der Waals surface area (Å²) in [5.74, 6) is 2.90. The fraction of sp³-hybridized carbons (Fsp3) is 0.500. The van der Waals surface area contributed by atoms with Gasteiger partial charge in [0.2, 0.25) is 10.8 Å². The van der Waals surface area contributed by atoms with E-state index in [-0.39, 0.29) is 11.9 Å². The van der Waals surface area contributed by atoms with Crippen LogP contribution >= 0.6 is 11.3 Å². The first-order valence-corrected chi connectivity index (χ1v) is 10.4. The average molecular weight is 404 g/mol. The van der Waals surface area contributed by atoms with Crippen LogP contribution < -0.4 is 14.4 Å². The molecular weight excluding hydrogens is 376 g/mol. The normalized spacial score (nSPS) is 21.0. The van der Waals surface area contributed by atoms with Crippen LogP contribution in [0.5, 0.6) is 17.4 Å². The predicted octanol–water partition coefficient (Wildman–Crippen LogP) is 2.23. The van der Waals surface area contributed by atoms with Crippen molar-refractivity contribution >= 4 is 16.3 Å². The van der Waals surface area contributed by atoms with Crippen LogP contribution in [0.3, 0.4) is 0 Å². The monoisotopic (exact) mass is 403 g/mol. The van der Waals surface area contributed by atoms with Gasteiger partial charge in [0.15, 0.2) is 17.5 Å². The standard InChI is InChI=1S/C20H26N4O3S/c1-12-6-5-9-23(11-12)17(14-7-8-15(26-3)16(10-14)27-4)18-19(25)24-20(28-18)21-13(2)22-24/h7-8,10,12,17,25H,5-6,9,11H2,1-4H3/p+1/t12-,17+/m0/s1. The van der Waals surface area contributed by atoms with Crippen LogP contribution in [-0.4, -0.2) is 47.0 Å². The molecule has 0 radical (unpaired) electrons. The Hall–Kier alpha value is -2.32. The zero-order valence-electron chi connectivity index (χ0n) is 16.7. The SMILES string of the molecule is COc1ccc([C@H](c2sc3nc(C)nn3c2O)[NH+]2CCC[C@H](C)C2)cc1OC. The van der Waals surface area contributed by atoms with Crippen molar-refractivity contribution in [3.8, 4) is 17.4 Å². The van der Waals surface area contributed by atoms with Crippen molar-refractivity contribution in [2.24, 2.45) is 5.92 Å². The highest BCUT2D eigenvalue weighted by Gasteiger charge is 2.35. The number of hydrogen-bond acceptors (Lipinski definition) is 6. The molecule has 0 aliphatic carbocycles. The number of aromatic hydroxyl groups is 1. The van der Waals surface area contributed by atoms with Gasteiger partial charge >= 0.3 is 0 Å². The number of aryl methyl sites for hydroxylation is 1. The molecule has 4 rings (SSSR count). The zero-order valence-corrected chi connectivity index (χ0v) is 17.5. The maximum absolute atomic E-state index is 11.0. The molecule has 8 heteroatoms. The van der Waals surface area contributed by atoms with Crippen molar-refractivity contribution in [1.82, 2.24) is 14.6 Å².